The summed E-state index contributed by atoms with van der Waals surface area (Å²) in [5, 5.41) is 18.1. The molecule has 1 amide bonds. The molecule has 9 heteroatoms. The van der Waals surface area contributed by atoms with Gasteiger partial charge in [-0.25, -0.2) is 4.39 Å². The summed E-state index contributed by atoms with van der Waals surface area (Å²) >= 11 is 0. The highest BCUT2D eigenvalue weighted by Gasteiger charge is 2.21. The number of carbonyl (C=O) groups excluding carboxylic acids is 1. The molecule has 1 N–H and O–H groups in total. The summed E-state index contributed by atoms with van der Waals surface area (Å²) in [5.41, 5.74) is 2.90. The van der Waals surface area contributed by atoms with Gasteiger partial charge >= 0.3 is 5.69 Å². The number of benzene rings is 2. The van der Waals surface area contributed by atoms with Gasteiger partial charge in [0.05, 0.1) is 11.5 Å². The van der Waals surface area contributed by atoms with Crippen molar-refractivity contribution in [3.8, 4) is 5.75 Å². The smallest absolute Gasteiger partial charge is 0.312 e. The Morgan fingerprint density at radius 2 is 2.00 bits per heavy atom. The Morgan fingerprint density at radius 3 is 2.65 bits per heavy atom. The van der Waals surface area contributed by atoms with Crippen molar-refractivity contribution in [2.75, 3.05) is 5.32 Å². The van der Waals surface area contributed by atoms with Crippen molar-refractivity contribution >= 4 is 17.3 Å². The van der Waals surface area contributed by atoms with Crippen molar-refractivity contribution in [2.24, 2.45) is 0 Å². The molecule has 1 aromatic heterocycles. The Kier molecular flexibility index (Phi) is 6.64. The first-order chi connectivity index (χ1) is 14.7. The third-order valence-corrected chi connectivity index (χ3v) is 4.84. The summed E-state index contributed by atoms with van der Waals surface area (Å²) in [6.07, 6.45) is 0.121. The molecule has 8 nitrogen and oxygen atoms in total. The van der Waals surface area contributed by atoms with Crippen LogP contribution in [0.2, 0.25) is 0 Å². The fraction of sp³-hybridized carbons (Fsp3) is 0.273. The zero-order valence-corrected chi connectivity index (χ0v) is 17.5. The van der Waals surface area contributed by atoms with Crippen LogP contribution in [0.5, 0.6) is 5.75 Å². The normalized spacial score (nSPS) is 10.7. The van der Waals surface area contributed by atoms with Crippen LogP contribution in [0.1, 0.15) is 28.9 Å². The van der Waals surface area contributed by atoms with Crippen molar-refractivity contribution in [3.05, 3.63) is 80.9 Å². The van der Waals surface area contributed by atoms with Crippen LogP contribution in [0.3, 0.4) is 0 Å². The Labute approximate surface area is 178 Å². The molecule has 0 spiro atoms. The molecule has 0 aliphatic heterocycles. The van der Waals surface area contributed by atoms with Gasteiger partial charge in [0, 0.05) is 12.1 Å². The maximum Gasteiger partial charge on any atom is 0.312 e. The molecule has 0 fully saturated rings. The molecule has 0 aliphatic rings. The second-order valence-corrected chi connectivity index (χ2v) is 7.19. The predicted molar refractivity (Wildman–Crippen MR) is 114 cm³/mol. The van der Waals surface area contributed by atoms with Gasteiger partial charge in [-0.15, -0.1) is 0 Å². The lowest BCUT2D eigenvalue weighted by atomic mass is 10.2. The van der Waals surface area contributed by atoms with Crippen molar-refractivity contribution < 1.29 is 18.8 Å². The first-order valence-electron chi connectivity index (χ1n) is 9.70. The van der Waals surface area contributed by atoms with Gasteiger partial charge in [-0.3, -0.25) is 19.6 Å². The van der Waals surface area contributed by atoms with E-state index < -0.39 is 4.92 Å². The van der Waals surface area contributed by atoms with Gasteiger partial charge in [-0.2, -0.15) is 5.10 Å². The standard InChI is InChI=1S/C22H23FN4O4/c1-14-11-19(31-13-17-5-4-6-18(23)12-17)7-8-20(14)24-21(28)9-10-26-16(3)22(27(29)30)15(2)25-26/h4-8,11-12H,9-10,13H2,1-3H3,(H,24,28). The van der Waals surface area contributed by atoms with E-state index in [1.54, 1.807) is 44.2 Å². The van der Waals surface area contributed by atoms with E-state index in [1.807, 2.05) is 6.92 Å². The fourth-order valence-electron chi connectivity index (χ4n) is 3.25. The van der Waals surface area contributed by atoms with Crippen LogP contribution in [-0.4, -0.2) is 20.6 Å². The lowest BCUT2D eigenvalue weighted by Gasteiger charge is -2.12. The third kappa shape index (κ3) is 5.44. The molecule has 3 aromatic rings. The number of hydrogen-bond acceptors (Lipinski definition) is 5. The molecule has 0 radical (unpaired) electrons. The van der Waals surface area contributed by atoms with Crippen LogP contribution in [0.4, 0.5) is 15.8 Å². The van der Waals surface area contributed by atoms with E-state index in [2.05, 4.69) is 10.4 Å². The van der Waals surface area contributed by atoms with E-state index in [0.29, 0.717) is 22.8 Å². The number of nitrogens with zero attached hydrogens (tertiary/aromatic N) is 3. The van der Waals surface area contributed by atoms with Gasteiger partial charge in [0.2, 0.25) is 5.91 Å². The quantitative estimate of drug-likeness (QED) is 0.423. The molecule has 3 rings (SSSR count). The molecule has 0 saturated heterocycles. The molecule has 0 saturated carbocycles. The molecular weight excluding hydrogens is 403 g/mol. The molecule has 0 bridgehead atoms. The van der Waals surface area contributed by atoms with E-state index in [0.717, 1.165) is 11.1 Å². The number of aryl methyl sites for hydroxylation is 3. The van der Waals surface area contributed by atoms with E-state index in [-0.39, 0.29) is 37.0 Å². The number of amides is 1. The van der Waals surface area contributed by atoms with Crippen molar-refractivity contribution in [3.63, 3.8) is 0 Å². The number of ether oxygens (including phenoxy) is 1. The van der Waals surface area contributed by atoms with Gasteiger partial charge in [-0.1, -0.05) is 12.1 Å². The lowest BCUT2D eigenvalue weighted by molar-refractivity contribution is -0.386. The third-order valence-electron chi connectivity index (χ3n) is 4.84. The minimum atomic E-state index is -0.463. The maximum atomic E-state index is 13.2. The highest BCUT2D eigenvalue weighted by Crippen LogP contribution is 2.24. The Bertz CT molecular complexity index is 1130. The number of hydrogen-bond donors (Lipinski definition) is 1. The van der Waals surface area contributed by atoms with Gasteiger partial charge in [0.25, 0.3) is 0 Å². The molecule has 0 aliphatic carbocycles. The number of nitrogens with one attached hydrogen (secondary N) is 1. The maximum absolute atomic E-state index is 13.2. The van der Waals surface area contributed by atoms with Crippen LogP contribution in [-0.2, 0) is 17.9 Å². The largest absolute Gasteiger partial charge is 0.489 e. The summed E-state index contributed by atoms with van der Waals surface area (Å²) in [5.74, 6) is 0.0619. The fourth-order valence-corrected chi connectivity index (χ4v) is 3.25. The van der Waals surface area contributed by atoms with E-state index in [9.17, 15) is 19.3 Å². The molecular formula is C22H23FN4O4. The predicted octanol–water partition coefficient (Wildman–Crippen LogP) is 4.46. The minimum Gasteiger partial charge on any atom is -0.489 e. The van der Waals surface area contributed by atoms with E-state index in [1.165, 1.54) is 16.8 Å². The molecule has 162 valence electrons. The van der Waals surface area contributed by atoms with Gasteiger partial charge in [0.15, 0.2) is 0 Å². The average Bonchev–Trinajstić information content (AvgIpc) is 3.00. The average molecular weight is 426 g/mol. The number of aromatic nitrogens is 2. The Hall–Kier alpha value is -3.75. The molecule has 0 atom stereocenters. The summed E-state index contributed by atoms with van der Waals surface area (Å²) in [4.78, 5) is 23.0. The minimum absolute atomic E-state index is 0.0231. The van der Waals surface area contributed by atoms with Crippen molar-refractivity contribution in [1.29, 1.82) is 0 Å². The van der Waals surface area contributed by atoms with E-state index in [4.69, 9.17) is 4.74 Å². The summed E-state index contributed by atoms with van der Waals surface area (Å²) < 4.78 is 20.4. The zero-order chi connectivity index (χ0) is 22.5. The lowest BCUT2D eigenvalue weighted by Crippen LogP contribution is -2.16. The number of nitro groups is 1. The number of anilines is 1. The summed E-state index contributed by atoms with van der Waals surface area (Å²) in [6, 6.07) is 11.5. The van der Waals surface area contributed by atoms with Gasteiger partial charge in [0.1, 0.15) is 29.6 Å². The van der Waals surface area contributed by atoms with Crippen LogP contribution in [0, 0.1) is 36.7 Å². The van der Waals surface area contributed by atoms with Crippen LogP contribution in [0.15, 0.2) is 42.5 Å². The van der Waals surface area contributed by atoms with Gasteiger partial charge in [-0.05, 0) is 62.2 Å². The Balaban J connectivity index is 1.57. The zero-order valence-electron chi connectivity index (χ0n) is 17.5. The number of rotatable bonds is 8. The highest BCUT2D eigenvalue weighted by atomic mass is 19.1. The monoisotopic (exact) mass is 426 g/mol. The van der Waals surface area contributed by atoms with Crippen molar-refractivity contribution in [1.82, 2.24) is 9.78 Å². The molecule has 2 aromatic carbocycles. The number of carbonyl (C=O) groups is 1. The Morgan fingerprint density at radius 1 is 1.23 bits per heavy atom. The topological polar surface area (TPSA) is 99.3 Å². The summed E-state index contributed by atoms with van der Waals surface area (Å²) in [6.45, 7) is 5.50. The molecule has 0 unspecified atom stereocenters. The second kappa shape index (κ2) is 9.38. The van der Waals surface area contributed by atoms with Gasteiger partial charge < -0.3 is 10.1 Å². The number of halogens is 1. The molecule has 1 heterocycles. The SMILES string of the molecule is Cc1cc(OCc2cccc(F)c2)ccc1NC(=O)CCn1nc(C)c([N+](=O)[O-])c1C. The first-order valence-corrected chi connectivity index (χ1v) is 9.70. The van der Waals surface area contributed by atoms with E-state index >= 15 is 0 Å². The second-order valence-electron chi connectivity index (χ2n) is 7.19. The molecule has 31 heavy (non-hydrogen) atoms. The summed E-state index contributed by atoms with van der Waals surface area (Å²) in [7, 11) is 0. The van der Waals surface area contributed by atoms with Crippen LogP contribution in [0.25, 0.3) is 0 Å². The first kappa shape index (κ1) is 21.9. The van der Waals surface area contributed by atoms with Crippen LogP contribution >= 0.6 is 0 Å². The van der Waals surface area contributed by atoms with Crippen LogP contribution < -0.4 is 10.1 Å². The van der Waals surface area contributed by atoms with Crippen molar-refractivity contribution in [2.45, 2.75) is 40.3 Å². The highest BCUT2D eigenvalue weighted by molar-refractivity contribution is 5.91.